The molecule has 0 saturated heterocycles. The van der Waals surface area contributed by atoms with Gasteiger partial charge >= 0.3 is 0 Å². The van der Waals surface area contributed by atoms with E-state index in [1.165, 1.54) is 0 Å². The molecule has 1 aromatic heterocycles. The van der Waals surface area contributed by atoms with E-state index in [1.54, 1.807) is 6.92 Å². The van der Waals surface area contributed by atoms with Gasteiger partial charge in [-0.25, -0.2) is 0 Å². The number of rotatable bonds is 7. The minimum atomic E-state index is -0.449. The van der Waals surface area contributed by atoms with Crippen LogP contribution in [-0.4, -0.2) is 26.6 Å². The van der Waals surface area contributed by atoms with E-state index < -0.39 is 6.10 Å². The quantitative estimate of drug-likeness (QED) is 0.814. The van der Waals surface area contributed by atoms with Gasteiger partial charge in [-0.15, -0.1) is 0 Å². The molecule has 0 amide bonds. The molecule has 0 aliphatic heterocycles. The Balaban J connectivity index is 2.58. The second-order valence-electron chi connectivity index (χ2n) is 4.33. The molecule has 4 nitrogen and oxygen atoms in total. The van der Waals surface area contributed by atoms with E-state index in [2.05, 4.69) is 24.0 Å². The largest absolute Gasteiger partial charge is 0.393 e. The van der Waals surface area contributed by atoms with Crippen molar-refractivity contribution in [3.63, 3.8) is 0 Å². The number of aliphatic hydroxyl groups is 1. The molecule has 1 rings (SSSR count). The molecule has 0 aromatic carbocycles. The van der Waals surface area contributed by atoms with Crippen molar-refractivity contribution in [2.24, 2.45) is 0 Å². The molecule has 0 spiro atoms. The summed E-state index contributed by atoms with van der Waals surface area (Å²) in [7, 11) is 0. The monoisotopic (exact) mass is 258 g/mol. The molecular weight excluding hydrogens is 236 g/mol. The second-order valence-corrected chi connectivity index (χ2v) is 5.76. The molecule has 3 unspecified atom stereocenters. The minimum absolute atomic E-state index is 0.0511. The van der Waals surface area contributed by atoms with Crippen LogP contribution in [-0.2, 0) is 5.75 Å². The number of hydrogen-bond donors (Lipinski definition) is 1. The van der Waals surface area contributed by atoms with Crippen molar-refractivity contribution in [2.75, 3.05) is 0 Å². The summed E-state index contributed by atoms with van der Waals surface area (Å²) in [6, 6.07) is 0. The van der Waals surface area contributed by atoms with Crippen molar-refractivity contribution in [1.82, 2.24) is 10.1 Å². The fraction of sp³-hybridized carbons (Fsp3) is 0.833. The van der Waals surface area contributed by atoms with Crippen LogP contribution < -0.4 is 0 Å². The predicted molar refractivity (Wildman–Crippen MR) is 70.1 cm³/mol. The Labute approximate surface area is 107 Å². The van der Waals surface area contributed by atoms with Crippen LogP contribution in [0.1, 0.15) is 58.2 Å². The highest BCUT2D eigenvalue weighted by molar-refractivity contribution is 7.99. The third-order valence-electron chi connectivity index (χ3n) is 2.90. The van der Waals surface area contributed by atoms with Gasteiger partial charge in [0.25, 0.3) is 0 Å². The van der Waals surface area contributed by atoms with Crippen LogP contribution in [0.2, 0.25) is 0 Å². The third-order valence-corrected chi connectivity index (χ3v) is 4.22. The van der Waals surface area contributed by atoms with Crippen LogP contribution in [0.15, 0.2) is 4.52 Å². The first-order valence-electron chi connectivity index (χ1n) is 6.20. The molecule has 1 N–H and O–H groups in total. The Hall–Kier alpha value is -0.550. The Kier molecular flexibility index (Phi) is 5.98. The van der Waals surface area contributed by atoms with E-state index in [-0.39, 0.29) is 5.92 Å². The number of aromatic nitrogens is 2. The summed E-state index contributed by atoms with van der Waals surface area (Å²) in [6.07, 6.45) is 1.49. The molecular formula is C12H22N2O2S. The summed E-state index contributed by atoms with van der Waals surface area (Å²) in [5, 5.41) is 14.2. The summed E-state index contributed by atoms with van der Waals surface area (Å²) in [4.78, 5) is 4.35. The summed E-state index contributed by atoms with van der Waals surface area (Å²) in [6.45, 7) is 8.12. The molecule has 1 aromatic rings. The maximum Gasteiger partial charge on any atom is 0.232 e. The van der Waals surface area contributed by atoms with Gasteiger partial charge in [0.1, 0.15) is 0 Å². The van der Waals surface area contributed by atoms with E-state index in [4.69, 9.17) is 4.52 Å². The summed E-state index contributed by atoms with van der Waals surface area (Å²) >= 11 is 1.82. The SMILES string of the molecule is CCC(C)SCc1noc(C(CC)C(C)O)n1. The van der Waals surface area contributed by atoms with Gasteiger partial charge in [-0.2, -0.15) is 16.7 Å². The van der Waals surface area contributed by atoms with E-state index in [9.17, 15) is 5.11 Å². The summed E-state index contributed by atoms with van der Waals surface area (Å²) in [5.74, 6) is 2.01. The second kappa shape index (κ2) is 7.01. The smallest absolute Gasteiger partial charge is 0.232 e. The molecule has 98 valence electrons. The first-order chi connectivity index (χ1) is 8.08. The van der Waals surface area contributed by atoms with Crippen LogP contribution in [0.3, 0.4) is 0 Å². The zero-order chi connectivity index (χ0) is 12.8. The normalized spacial score (nSPS) is 16.8. The van der Waals surface area contributed by atoms with Crippen LogP contribution in [0, 0.1) is 0 Å². The fourth-order valence-corrected chi connectivity index (χ4v) is 2.32. The van der Waals surface area contributed by atoms with Crippen molar-refractivity contribution in [2.45, 2.75) is 63.6 Å². The van der Waals surface area contributed by atoms with Crippen molar-refractivity contribution in [3.8, 4) is 0 Å². The molecule has 17 heavy (non-hydrogen) atoms. The molecule has 0 saturated carbocycles. The van der Waals surface area contributed by atoms with Gasteiger partial charge in [0.05, 0.1) is 17.8 Å². The maximum atomic E-state index is 9.60. The van der Waals surface area contributed by atoms with Gasteiger partial charge in [0, 0.05) is 5.25 Å². The molecule has 3 atom stereocenters. The van der Waals surface area contributed by atoms with Crippen LogP contribution in [0.5, 0.6) is 0 Å². The minimum Gasteiger partial charge on any atom is -0.393 e. The lowest BCUT2D eigenvalue weighted by Gasteiger charge is -2.12. The van der Waals surface area contributed by atoms with E-state index in [0.29, 0.717) is 11.1 Å². The summed E-state index contributed by atoms with van der Waals surface area (Å²) in [5.41, 5.74) is 0. The molecule has 5 heteroatoms. The molecule has 1 heterocycles. The highest BCUT2D eigenvalue weighted by atomic mass is 32.2. The first-order valence-corrected chi connectivity index (χ1v) is 7.25. The lowest BCUT2D eigenvalue weighted by Crippen LogP contribution is -2.14. The Morgan fingerprint density at radius 3 is 2.53 bits per heavy atom. The van der Waals surface area contributed by atoms with Gasteiger partial charge in [-0.1, -0.05) is 25.9 Å². The Bertz CT molecular complexity index is 328. The molecule has 0 aliphatic rings. The topological polar surface area (TPSA) is 59.2 Å². The molecule has 0 bridgehead atoms. The third kappa shape index (κ3) is 4.32. The highest BCUT2D eigenvalue weighted by Crippen LogP contribution is 2.23. The standard InChI is InChI=1S/C12H22N2O2S/c1-5-8(3)17-7-11-13-12(16-14-11)10(6-2)9(4)15/h8-10,15H,5-7H2,1-4H3. The van der Waals surface area contributed by atoms with Gasteiger partial charge in [-0.05, 0) is 19.8 Å². The Morgan fingerprint density at radius 2 is 2.00 bits per heavy atom. The average Bonchev–Trinajstić information content (AvgIpc) is 2.75. The average molecular weight is 258 g/mol. The number of hydrogen-bond acceptors (Lipinski definition) is 5. The van der Waals surface area contributed by atoms with E-state index in [0.717, 1.165) is 24.4 Å². The van der Waals surface area contributed by atoms with Crippen LogP contribution in [0.25, 0.3) is 0 Å². The summed E-state index contributed by atoms with van der Waals surface area (Å²) < 4.78 is 5.21. The maximum absolute atomic E-state index is 9.60. The fourth-order valence-electron chi connectivity index (χ4n) is 1.53. The van der Waals surface area contributed by atoms with Crippen LogP contribution >= 0.6 is 11.8 Å². The van der Waals surface area contributed by atoms with E-state index >= 15 is 0 Å². The van der Waals surface area contributed by atoms with Gasteiger partial charge in [-0.3, -0.25) is 0 Å². The lowest BCUT2D eigenvalue weighted by molar-refractivity contribution is 0.141. The Morgan fingerprint density at radius 1 is 1.29 bits per heavy atom. The van der Waals surface area contributed by atoms with Crippen LogP contribution in [0.4, 0.5) is 0 Å². The lowest BCUT2D eigenvalue weighted by atomic mass is 10.0. The van der Waals surface area contributed by atoms with Crippen molar-refractivity contribution in [1.29, 1.82) is 0 Å². The van der Waals surface area contributed by atoms with Gasteiger partial charge < -0.3 is 9.63 Å². The number of nitrogens with zero attached hydrogens (tertiary/aromatic N) is 2. The zero-order valence-corrected chi connectivity index (χ0v) is 11.8. The van der Waals surface area contributed by atoms with Crippen molar-refractivity contribution < 1.29 is 9.63 Å². The molecule has 0 radical (unpaired) electrons. The molecule has 0 fully saturated rings. The highest BCUT2D eigenvalue weighted by Gasteiger charge is 2.22. The van der Waals surface area contributed by atoms with Gasteiger partial charge in [0.15, 0.2) is 5.82 Å². The van der Waals surface area contributed by atoms with E-state index in [1.807, 2.05) is 18.7 Å². The number of aliphatic hydroxyl groups excluding tert-OH is 1. The predicted octanol–water partition coefficient (Wildman–Crippen LogP) is 2.98. The van der Waals surface area contributed by atoms with Gasteiger partial charge in [0.2, 0.25) is 5.89 Å². The van der Waals surface area contributed by atoms with Crippen molar-refractivity contribution in [3.05, 3.63) is 11.7 Å². The number of thioether (sulfide) groups is 1. The first kappa shape index (κ1) is 14.5. The molecule has 0 aliphatic carbocycles. The van der Waals surface area contributed by atoms with Crippen molar-refractivity contribution >= 4 is 11.8 Å². The zero-order valence-electron chi connectivity index (χ0n) is 11.0.